The van der Waals surface area contributed by atoms with Gasteiger partial charge in [0.1, 0.15) is 17.2 Å². The van der Waals surface area contributed by atoms with Crippen LogP contribution in [0.25, 0.3) is 16.9 Å². The Balaban J connectivity index is 2.16. The summed E-state index contributed by atoms with van der Waals surface area (Å²) < 4.78 is 12.6. The molecule has 1 atom stereocenters. The van der Waals surface area contributed by atoms with Gasteiger partial charge in [-0.05, 0) is 57.0 Å². The predicted molar refractivity (Wildman–Crippen MR) is 119 cm³/mol. The van der Waals surface area contributed by atoms with Gasteiger partial charge in [-0.3, -0.25) is 4.79 Å². The quantitative estimate of drug-likeness (QED) is 0.616. The second kappa shape index (κ2) is 9.03. The molecule has 6 heteroatoms. The van der Waals surface area contributed by atoms with Crippen molar-refractivity contribution in [1.82, 2.24) is 15.1 Å². The highest BCUT2D eigenvalue weighted by Gasteiger charge is 2.21. The third kappa shape index (κ3) is 4.32. The van der Waals surface area contributed by atoms with Crippen molar-refractivity contribution in [2.75, 3.05) is 14.2 Å². The fourth-order valence-corrected chi connectivity index (χ4v) is 3.31. The highest BCUT2D eigenvalue weighted by molar-refractivity contribution is 5.94. The van der Waals surface area contributed by atoms with Crippen molar-refractivity contribution in [2.24, 2.45) is 0 Å². The maximum absolute atomic E-state index is 13.1. The van der Waals surface area contributed by atoms with E-state index in [1.165, 1.54) is 0 Å². The van der Waals surface area contributed by atoms with Crippen LogP contribution in [0.3, 0.4) is 0 Å². The van der Waals surface area contributed by atoms with E-state index >= 15 is 0 Å². The SMILES string of the molecule is CCC(C)NC(=O)c1cc(-c2ccc(OC)cc2OC)nn1-c1ccc(C)cc1C. The van der Waals surface area contributed by atoms with Crippen molar-refractivity contribution in [3.8, 4) is 28.4 Å². The monoisotopic (exact) mass is 407 g/mol. The van der Waals surface area contributed by atoms with Gasteiger partial charge in [-0.1, -0.05) is 24.6 Å². The van der Waals surface area contributed by atoms with Crippen LogP contribution in [0.4, 0.5) is 0 Å². The number of benzene rings is 2. The predicted octanol–water partition coefficient (Wildman–Crippen LogP) is 4.70. The molecule has 3 rings (SSSR count). The minimum Gasteiger partial charge on any atom is -0.497 e. The van der Waals surface area contributed by atoms with Crippen LogP contribution in [0.5, 0.6) is 11.5 Å². The molecule has 1 amide bonds. The first-order valence-corrected chi connectivity index (χ1v) is 10.1. The molecule has 1 aromatic heterocycles. The molecule has 0 saturated carbocycles. The zero-order chi connectivity index (χ0) is 21.8. The molecule has 0 fully saturated rings. The number of hydrogen-bond acceptors (Lipinski definition) is 4. The standard InChI is InChI=1S/C24H29N3O3/c1-7-17(4)25-24(28)22-14-20(19-10-9-18(29-5)13-23(19)30-6)26-27(22)21-11-8-15(2)12-16(21)3/h8-14,17H,7H2,1-6H3,(H,25,28). The van der Waals surface area contributed by atoms with Crippen LogP contribution < -0.4 is 14.8 Å². The molecule has 1 N–H and O–H groups in total. The summed E-state index contributed by atoms with van der Waals surface area (Å²) >= 11 is 0. The molecule has 158 valence electrons. The third-order valence-electron chi connectivity index (χ3n) is 5.20. The molecule has 0 aliphatic rings. The number of nitrogens with one attached hydrogen (secondary N) is 1. The zero-order valence-electron chi connectivity index (χ0n) is 18.4. The minimum atomic E-state index is -0.157. The molecular weight excluding hydrogens is 378 g/mol. The van der Waals surface area contributed by atoms with Gasteiger partial charge in [0.2, 0.25) is 0 Å². The lowest BCUT2D eigenvalue weighted by atomic mass is 10.1. The molecular formula is C24H29N3O3. The van der Waals surface area contributed by atoms with E-state index in [-0.39, 0.29) is 11.9 Å². The van der Waals surface area contributed by atoms with E-state index in [1.807, 2.05) is 58.0 Å². The molecule has 1 unspecified atom stereocenters. The number of amides is 1. The second-order valence-corrected chi connectivity index (χ2v) is 7.47. The fraction of sp³-hybridized carbons (Fsp3) is 0.333. The number of nitrogens with zero attached hydrogens (tertiary/aromatic N) is 2. The molecule has 0 radical (unpaired) electrons. The van der Waals surface area contributed by atoms with Crippen molar-refractivity contribution in [3.05, 3.63) is 59.3 Å². The van der Waals surface area contributed by atoms with E-state index in [0.29, 0.717) is 22.9 Å². The highest BCUT2D eigenvalue weighted by atomic mass is 16.5. The van der Waals surface area contributed by atoms with Crippen molar-refractivity contribution in [3.63, 3.8) is 0 Å². The molecule has 0 aliphatic heterocycles. The number of aromatic nitrogens is 2. The van der Waals surface area contributed by atoms with E-state index in [9.17, 15) is 4.79 Å². The molecule has 3 aromatic rings. The van der Waals surface area contributed by atoms with Crippen LogP contribution >= 0.6 is 0 Å². The van der Waals surface area contributed by atoms with Gasteiger partial charge in [-0.2, -0.15) is 5.10 Å². The molecule has 0 bridgehead atoms. The lowest BCUT2D eigenvalue weighted by Gasteiger charge is -2.14. The third-order valence-corrected chi connectivity index (χ3v) is 5.20. The van der Waals surface area contributed by atoms with Crippen LogP contribution in [-0.2, 0) is 0 Å². The summed E-state index contributed by atoms with van der Waals surface area (Å²) in [5.74, 6) is 1.17. The number of rotatable bonds is 7. The maximum Gasteiger partial charge on any atom is 0.270 e. The zero-order valence-corrected chi connectivity index (χ0v) is 18.4. The minimum absolute atomic E-state index is 0.0685. The fourth-order valence-electron chi connectivity index (χ4n) is 3.31. The number of carbonyl (C=O) groups excluding carboxylic acids is 1. The van der Waals surface area contributed by atoms with Crippen molar-refractivity contribution in [1.29, 1.82) is 0 Å². The first-order chi connectivity index (χ1) is 14.4. The average Bonchev–Trinajstić information content (AvgIpc) is 3.18. The Kier molecular flexibility index (Phi) is 6.45. The topological polar surface area (TPSA) is 65.4 Å². The Morgan fingerprint density at radius 3 is 2.50 bits per heavy atom. The second-order valence-electron chi connectivity index (χ2n) is 7.47. The van der Waals surface area contributed by atoms with Gasteiger partial charge in [0.05, 0.1) is 25.6 Å². The average molecular weight is 408 g/mol. The summed E-state index contributed by atoms with van der Waals surface area (Å²) in [4.78, 5) is 13.1. The van der Waals surface area contributed by atoms with Crippen LogP contribution in [0.15, 0.2) is 42.5 Å². The molecule has 0 saturated heterocycles. The number of aryl methyl sites for hydroxylation is 2. The van der Waals surface area contributed by atoms with Crippen molar-refractivity contribution in [2.45, 2.75) is 40.2 Å². The molecule has 1 heterocycles. The lowest BCUT2D eigenvalue weighted by Crippen LogP contribution is -2.33. The van der Waals surface area contributed by atoms with Gasteiger partial charge in [0.25, 0.3) is 5.91 Å². The Bertz CT molecular complexity index is 1060. The Labute approximate surface area is 177 Å². The van der Waals surface area contributed by atoms with E-state index in [0.717, 1.165) is 28.8 Å². The van der Waals surface area contributed by atoms with Crippen LogP contribution in [0, 0.1) is 13.8 Å². The van der Waals surface area contributed by atoms with E-state index in [4.69, 9.17) is 14.6 Å². The van der Waals surface area contributed by atoms with Gasteiger partial charge in [0, 0.05) is 17.7 Å². The number of methoxy groups -OCH3 is 2. The molecule has 0 aliphatic carbocycles. The van der Waals surface area contributed by atoms with Crippen molar-refractivity contribution < 1.29 is 14.3 Å². The van der Waals surface area contributed by atoms with E-state index < -0.39 is 0 Å². The van der Waals surface area contributed by atoms with Crippen LogP contribution in [0.2, 0.25) is 0 Å². The highest BCUT2D eigenvalue weighted by Crippen LogP contribution is 2.33. The largest absolute Gasteiger partial charge is 0.497 e. The van der Waals surface area contributed by atoms with Crippen molar-refractivity contribution >= 4 is 5.91 Å². The van der Waals surface area contributed by atoms with Gasteiger partial charge < -0.3 is 14.8 Å². The summed E-state index contributed by atoms with van der Waals surface area (Å²) in [6, 6.07) is 13.5. The Morgan fingerprint density at radius 2 is 1.87 bits per heavy atom. The first kappa shape index (κ1) is 21.4. The molecule has 6 nitrogen and oxygen atoms in total. The Hall–Kier alpha value is -3.28. The lowest BCUT2D eigenvalue weighted by molar-refractivity contribution is 0.0931. The van der Waals surface area contributed by atoms with Gasteiger partial charge >= 0.3 is 0 Å². The molecule has 30 heavy (non-hydrogen) atoms. The van der Waals surface area contributed by atoms with Crippen LogP contribution in [0.1, 0.15) is 41.9 Å². The van der Waals surface area contributed by atoms with Gasteiger partial charge in [-0.25, -0.2) is 4.68 Å². The normalized spacial score (nSPS) is 11.8. The van der Waals surface area contributed by atoms with E-state index in [2.05, 4.69) is 11.4 Å². The molecule has 2 aromatic carbocycles. The number of carbonyl (C=O) groups is 1. The number of hydrogen-bond donors (Lipinski definition) is 1. The van der Waals surface area contributed by atoms with Crippen LogP contribution in [-0.4, -0.2) is 35.9 Å². The van der Waals surface area contributed by atoms with E-state index in [1.54, 1.807) is 25.0 Å². The Morgan fingerprint density at radius 1 is 1.10 bits per heavy atom. The summed E-state index contributed by atoms with van der Waals surface area (Å²) in [7, 11) is 3.22. The maximum atomic E-state index is 13.1. The smallest absolute Gasteiger partial charge is 0.270 e. The summed E-state index contributed by atoms with van der Waals surface area (Å²) in [6.07, 6.45) is 0.850. The summed E-state index contributed by atoms with van der Waals surface area (Å²) in [5.41, 5.74) is 5.00. The summed E-state index contributed by atoms with van der Waals surface area (Å²) in [6.45, 7) is 8.10. The number of ether oxygens (including phenoxy) is 2. The molecule has 0 spiro atoms. The van der Waals surface area contributed by atoms with Gasteiger partial charge in [0.15, 0.2) is 0 Å². The van der Waals surface area contributed by atoms with Gasteiger partial charge in [-0.15, -0.1) is 0 Å². The first-order valence-electron chi connectivity index (χ1n) is 10.1. The summed E-state index contributed by atoms with van der Waals surface area (Å²) in [5, 5.41) is 7.84.